The fraction of sp³-hybridized carbons (Fsp3) is 0.500. The molecular weight excluding hydrogens is 234 g/mol. The Morgan fingerprint density at radius 2 is 1.67 bits per heavy atom. The zero-order valence-corrected chi connectivity index (χ0v) is 10.3. The van der Waals surface area contributed by atoms with E-state index in [1.165, 1.54) is 6.20 Å². The lowest BCUT2D eigenvalue weighted by Gasteiger charge is -2.25. The minimum absolute atomic E-state index is 0.158. The van der Waals surface area contributed by atoms with Gasteiger partial charge in [0, 0.05) is 12.1 Å². The first kappa shape index (κ1) is 12.5. The molecular formula is C12H15N3O3. The highest BCUT2D eigenvalue weighted by molar-refractivity contribution is 5.93. The van der Waals surface area contributed by atoms with Crippen LogP contribution in [0.4, 0.5) is 0 Å². The Morgan fingerprint density at radius 1 is 1.17 bits per heavy atom. The predicted molar refractivity (Wildman–Crippen MR) is 63.3 cm³/mol. The zero-order valence-electron chi connectivity index (χ0n) is 10.3. The Balaban J connectivity index is 2.21. The van der Waals surface area contributed by atoms with Gasteiger partial charge >= 0.3 is 5.97 Å². The van der Waals surface area contributed by atoms with Gasteiger partial charge in [0.05, 0.1) is 12.4 Å². The lowest BCUT2D eigenvalue weighted by molar-refractivity contribution is 0.0670. The lowest BCUT2D eigenvalue weighted by Crippen LogP contribution is -2.39. The summed E-state index contributed by atoms with van der Waals surface area (Å²) in [6.07, 6.45) is 4.30. The molecule has 0 saturated carbocycles. The van der Waals surface area contributed by atoms with Crippen molar-refractivity contribution in [2.45, 2.75) is 38.8 Å². The number of likely N-dealkylation sites (tertiary alicyclic amines) is 1. The van der Waals surface area contributed by atoms with Crippen molar-refractivity contribution in [3.05, 3.63) is 23.8 Å². The summed E-state index contributed by atoms with van der Waals surface area (Å²) in [5, 5.41) is 8.71. The number of amides is 1. The van der Waals surface area contributed by atoms with E-state index >= 15 is 0 Å². The van der Waals surface area contributed by atoms with Gasteiger partial charge in [-0.3, -0.25) is 4.79 Å². The SMILES string of the molecule is CC1CCC(C)N1C(=O)c1cnc(C(=O)O)cn1. The number of carboxylic acid groups (broad SMARTS) is 1. The molecule has 1 aromatic rings. The Hall–Kier alpha value is -1.98. The smallest absolute Gasteiger partial charge is 0.356 e. The van der Waals surface area contributed by atoms with E-state index in [-0.39, 0.29) is 29.4 Å². The maximum absolute atomic E-state index is 12.2. The highest BCUT2D eigenvalue weighted by Crippen LogP contribution is 2.24. The topological polar surface area (TPSA) is 83.4 Å². The van der Waals surface area contributed by atoms with Crippen LogP contribution in [0.15, 0.2) is 12.4 Å². The lowest BCUT2D eigenvalue weighted by atomic mass is 10.2. The second-order valence-corrected chi connectivity index (χ2v) is 4.58. The van der Waals surface area contributed by atoms with Gasteiger partial charge in [0.15, 0.2) is 5.69 Å². The van der Waals surface area contributed by atoms with E-state index in [1.807, 2.05) is 13.8 Å². The molecule has 1 aliphatic rings. The van der Waals surface area contributed by atoms with E-state index < -0.39 is 5.97 Å². The Kier molecular flexibility index (Phi) is 3.27. The van der Waals surface area contributed by atoms with Crippen LogP contribution in [0.5, 0.6) is 0 Å². The monoisotopic (exact) mass is 249 g/mol. The summed E-state index contributed by atoms with van der Waals surface area (Å²) in [6.45, 7) is 4.00. The van der Waals surface area contributed by atoms with Crippen molar-refractivity contribution >= 4 is 11.9 Å². The quantitative estimate of drug-likeness (QED) is 0.851. The molecule has 1 aromatic heterocycles. The molecule has 1 N–H and O–H groups in total. The molecule has 6 heteroatoms. The van der Waals surface area contributed by atoms with Crippen LogP contribution in [0, 0.1) is 0 Å². The summed E-state index contributed by atoms with van der Waals surface area (Å²) in [5.41, 5.74) is 0.0367. The number of hydrogen-bond donors (Lipinski definition) is 1. The van der Waals surface area contributed by atoms with Crippen LogP contribution >= 0.6 is 0 Å². The zero-order chi connectivity index (χ0) is 13.3. The number of carbonyl (C=O) groups is 2. The molecule has 6 nitrogen and oxygen atoms in total. The van der Waals surface area contributed by atoms with Crippen LogP contribution in [0.3, 0.4) is 0 Å². The van der Waals surface area contributed by atoms with Crippen molar-refractivity contribution in [2.24, 2.45) is 0 Å². The summed E-state index contributed by atoms with van der Waals surface area (Å²) in [5.74, 6) is -1.33. The third-order valence-corrected chi connectivity index (χ3v) is 3.28. The minimum atomic E-state index is -1.15. The fourth-order valence-electron chi connectivity index (χ4n) is 2.28. The number of rotatable bonds is 2. The van der Waals surface area contributed by atoms with Crippen molar-refractivity contribution < 1.29 is 14.7 Å². The molecule has 1 aliphatic heterocycles. The van der Waals surface area contributed by atoms with Crippen LogP contribution in [0.1, 0.15) is 47.7 Å². The molecule has 2 unspecified atom stereocenters. The molecule has 0 aliphatic carbocycles. The highest BCUT2D eigenvalue weighted by atomic mass is 16.4. The van der Waals surface area contributed by atoms with Gasteiger partial charge in [0.2, 0.25) is 0 Å². The van der Waals surface area contributed by atoms with Crippen LogP contribution < -0.4 is 0 Å². The molecule has 1 amide bonds. The fourth-order valence-corrected chi connectivity index (χ4v) is 2.28. The van der Waals surface area contributed by atoms with E-state index in [2.05, 4.69) is 9.97 Å². The van der Waals surface area contributed by atoms with Gasteiger partial charge in [-0.2, -0.15) is 0 Å². The van der Waals surface area contributed by atoms with E-state index in [0.29, 0.717) is 0 Å². The van der Waals surface area contributed by atoms with Crippen molar-refractivity contribution in [2.75, 3.05) is 0 Å². The van der Waals surface area contributed by atoms with E-state index in [0.717, 1.165) is 19.0 Å². The van der Waals surface area contributed by atoms with Gasteiger partial charge in [-0.25, -0.2) is 14.8 Å². The first-order valence-electron chi connectivity index (χ1n) is 5.88. The summed E-state index contributed by atoms with van der Waals surface area (Å²) >= 11 is 0. The molecule has 0 aromatic carbocycles. The maximum atomic E-state index is 12.2. The van der Waals surface area contributed by atoms with Gasteiger partial charge < -0.3 is 10.0 Å². The number of nitrogens with zero attached hydrogens (tertiary/aromatic N) is 3. The van der Waals surface area contributed by atoms with Crippen LogP contribution in [0.2, 0.25) is 0 Å². The van der Waals surface area contributed by atoms with Crippen LogP contribution in [-0.2, 0) is 0 Å². The van der Waals surface area contributed by atoms with Crippen molar-refractivity contribution in [1.82, 2.24) is 14.9 Å². The molecule has 2 rings (SSSR count). The maximum Gasteiger partial charge on any atom is 0.356 e. The molecule has 96 valence electrons. The standard InChI is InChI=1S/C12H15N3O3/c1-7-3-4-8(2)15(7)11(16)9-5-14-10(6-13-9)12(17)18/h5-8H,3-4H2,1-2H3,(H,17,18). The average molecular weight is 249 g/mol. The second-order valence-electron chi connectivity index (χ2n) is 4.58. The summed E-state index contributed by atoms with van der Waals surface area (Å²) in [7, 11) is 0. The largest absolute Gasteiger partial charge is 0.476 e. The number of aromatic nitrogens is 2. The average Bonchev–Trinajstić information content (AvgIpc) is 2.68. The van der Waals surface area contributed by atoms with Gasteiger partial charge in [0.25, 0.3) is 5.91 Å². The molecule has 2 heterocycles. The van der Waals surface area contributed by atoms with Gasteiger partial charge in [-0.05, 0) is 26.7 Å². The highest BCUT2D eigenvalue weighted by Gasteiger charge is 2.32. The molecule has 1 saturated heterocycles. The predicted octanol–water partition coefficient (Wildman–Crippen LogP) is 1.19. The second kappa shape index (κ2) is 4.72. The van der Waals surface area contributed by atoms with E-state index in [4.69, 9.17) is 5.11 Å². The molecule has 2 atom stereocenters. The van der Waals surface area contributed by atoms with Crippen molar-refractivity contribution in [3.8, 4) is 0 Å². The molecule has 0 radical (unpaired) electrons. The Morgan fingerprint density at radius 3 is 2.11 bits per heavy atom. The molecule has 18 heavy (non-hydrogen) atoms. The first-order valence-corrected chi connectivity index (χ1v) is 5.88. The Bertz CT molecular complexity index is 462. The third-order valence-electron chi connectivity index (χ3n) is 3.28. The van der Waals surface area contributed by atoms with E-state index in [9.17, 15) is 9.59 Å². The number of carboxylic acids is 1. The number of aromatic carboxylic acids is 1. The minimum Gasteiger partial charge on any atom is -0.476 e. The number of hydrogen-bond acceptors (Lipinski definition) is 4. The summed E-state index contributed by atoms with van der Waals surface area (Å²) in [6, 6.07) is 0.377. The van der Waals surface area contributed by atoms with Gasteiger partial charge in [-0.1, -0.05) is 0 Å². The third kappa shape index (κ3) is 2.18. The Labute approximate surface area is 105 Å². The summed E-state index contributed by atoms with van der Waals surface area (Å²) in [4.78, 5) is 32.2. The summed E-state index contributed by atoms with van der Waals surface area (Å²) < 4.78 is 0. The van der Waals surface area contributed by atoms with E-state index in [1.54, 1.807) is 4.90 Å². The molecule has 1 fully saturated rings. The first-order chi connectivity index (χ1) is 8.50. The van der Waals surface area contributed by atoms with Crippen molar-refractivity contribution in [3.63, 3.8) is 0 Å². The van der Waals surface area contributed by atoms with Crippen LogP contribution in [0.25, 0.3) is 0 Å². The van der Waals surface area contributed by atoms with Gasteiger partial charge in [-0.15, -0.1) is 0 Å². The van der Waals surface area contributed by atoms with Gasteiger partial charge in [0.1, 0.15) is 5.69 Å². The number of carbonyl (C=O) groups excluding carboxylic acids is 1. The normalized spacial score (nSPS) is 23.1. The van der Waals surface area contributed by atoms with Crippen LogP contribution in [-0.4, -0.2) is 43.9 Å². The molecule has 0 spiro atoms. The molecule has 0 bridgehead atoms. The van der Waals surface area contributed by atoms with Crippen molar-refractivity contribution in [1.29, 1.82) is 0 Å².